The molecule has 1 unspecified atom stereocenters. The first-order valence-electron chi connectivity index (χ1n) is 10.8. The summed E-state index contributed by atoms with van der Waals surface area (Å²) in [5.41, 5.74) is 1.37. The lowest BCUT2D eigenvalue weighted by Crippen LogP contribution is -2.56. The number of ether oxygens (including phenoxy) is 2. The summed E-state index contributed by atoms with van der Waals surface area (Å²) < 4.78 is 12.4. The van der Waals surface area contributed by atoms with Crippen molar-refractivity contribution in [3.8, 4) is 5.75 Å². The van der Waals surface area contributed by atoms with Crippen LogP contribution in [-0.2, 0) is 22.6 Å². The third-order valence-corrected chi connectivity index (χ3v) is 5.69. The second-order valence-electron chi connectivity index (χ2n) is 9.07. The van der Waals surface area contributed by atoms with Gasteiger partial charge in [-0.25, -0.2) is 4.79 Å². The van der Waals surface area contributed by atoms with E-state index in [-0.39, 0.29) is 24.5 Å². The van der Waals surface area contributed by atoms with Gasteiger partial charge in [-0.3, -0.25) is 4.79 Å². The number of halogens is 1. The zero-order chi connectivity index (χ0) is 23.3. The number of amides is 2. The number of carbonyl (C=O) groups is 2. The molecule has 2 aromatic rings. The minimum Gasteiger partial charge on any atom is -0.489 e. The monoisotopic (exact) mass is 502 g/mol. The molecule has 2 aromatic carbocycles. The van der Waals surface area contributed by atoms with E-state index in [0.717, 1.165) is 15.6 Å². The van der Waals surface area contributed by atoms with Crippen LogP contribution in [0, 0.1) is 0 Å². The van der Waals surface area contributed by atoms with Gasteiger partial charge < -0.3 is 19.3 Å². The van der Waals surface area contributed by atoms with Gasteiger partial charge in [0.25, 0.3) is 0 Å². The highest BCUT2D eigenvalue weighted by Gasteiger charge is 2.32. The highest BCUT2D eigenvalue weighted by Crippen LogP contribution is 2.26. The van der Waals surface area contributed by atoms with Crippen LogP contribution in [-0.4, -0.2) is 53.1 Å². The van der Waals surface area contributed by atoms with Crippen LogP contribution in [0.3, 0.4) is 0 Å². The summed E-state index contributed by atoms with van der Waals surface area (Å²) in [6.45, 7) is 9.35. The molecule has 0 saturated carbocycles. The Bertz CT molecular complexity index is 943. The predicted octanol–water partition coefficient (Wildman–Crippen LogP) is 5.04. The molecule has 0 spiro atoms. The Morgan fingerprint density at radius 2 is 1.81 bits per heavy atom. The maximum atomic E-state index is 13.1. The Morgan fingerprint density at radius 3 is 2.47 bits per heavy atom. The van der Waals surface area contributed by atoms with Gasteiger partial charge in [0.05, 0.1) is 6.42 Å². The molecule has 32 heavy (non-hydrogen) atoms. The van der Waals surface area contributed by atoms with Gasteiger partial charge in [0.1, 0.15) is 18.0 Å². The van der Waals surface area contributed by atoms with Crippen molar-refractivity contribution < 1.29 is 19.1 Å². The summed E-state index contributed by atoms with van der Waals surface area (Å²) in [5.74, 6) is 0.717. The molecule has 6 nitrogen and oxygen atoms in total. The van der Waals surface area contributed by atoms with E-state index < -0.39 is 5.60 Å². The average Bonchev–Trinajstić information content (AvgIpc) is 2.72. The van der Waals surface area contributed by atoms with Crippen LogP contribution in [0.5, 0.6) is 5.75 Å². The van der Waals surface area contributed by atoms with Gasteiger partial charge in [0.15, 0.2) is 0 Å². The molecule has 0 bridgehead atoms. The molecule has 7 heteroatoms. The molecular formula is C25H31BrN2O4. The molecule has 0 radical (unpaired) electrons. The number of benzene rings is 2. The number of nitrogens with zero attached hydrogens (tertiary/aromatic N) is 2. The molecule has 1 aliphatic rings. The van der Waals surface area contributed by atoms with E-state index in [4.69, 9.17) is 9.47 Å². The second kappa shape index (κ2) is 10.4. The Hall–Kier alpha value is -2.54. The molecule has 1 heterocycles. The number of carbonyl (C=O) groups excluding carboxylic acids is 2. The fourth-order valence-corrected chi connectivity index (χ4v) is 4.06. The Balaban J connectivity index is 1.63. The molecule has 3 rings (SSSR count). The van der Waals surface area contributed by atoms with E-state index in [9.17, 15) is 9.59 Å². The van der Waals surface area contributed by atoms with Crippen molar-refractivity contribution in [1.82, 2.24) is 9.80 Å². The lowest BCUT2D eigenvalue weighted by molar-refractivity contribution is -0.134. The van der Waals surface area contributed by atoms with Gasteiger partial charge in [0, 0.05) is 35.7 Å². The van der Waals surface area contributed by atoms with E-state index in [2.05, 4.69) is 15.9 Å². The summed E-state index contributed by atoms with van der Waals surface area (Å²) in [7, 11) is 0. The van der Waals surface area contributed by atoms with Gasteiger partial charge in [0.2, 0.25) is 5.91 Å². The van der Waals surface area contributed by atoms with Crippen LogP contribution < -0.4 is 4.74 Å². The van der Waals surface area contributed by atoms with Gasteiger partial charge >= 0.3 is 6.09 Å². The SMILES string of the molecule is CC1CN(C(=O)OC(C)(C)C)CCN1C(=O)Cc1cc(Br)ccc1OCc1ccccc1. The fourth-order valence-electron chi connectivity index (χ4n) is 3.65. The molecule has 1 saturated heterocycles. The number of hydrogen-bond acceptors (Lipinski definition) is 4. The highest BCUT2D eigenvalue weighted by atomic mass is 79.9. The van der Waals surface area contributed by atoms with Crippen LogP contribution in [0.25, 0.3) is 0 Å². The fraction of sp³-hybridized carbons (Fsp3) is 0.440. The van der Waals surface area contributed by atoms with Crippen molar-refractivity contribution >= 4 is 27.9 Å². The largest absolute Gasteiger partial charge is 0.489 e. The summed E-state index contributed by atoms with van der Waals surface area (Å²) in [5, 5.41) is 0. The second-order valence-corrected chi connectivity index (χ2v) is 9.98. The number of piperazine rings is 1. The highest BCUT2D eigenvalue weighted by molar-refractivity contribution is 9.10. The van der Waals surface area contributed by atoms with Crippen molar-refractivity contribution in [2.24, 2.45) is 0 Å². The smallest absolute Gasteiger partial charge is 0.410 e. The Morgan fingerprint density at radius 1 is 1.09 bits per heavy atom. The minimum atomic E-state index is -0.538. The van der Waals surface area contributed by atoms with Gasteiger partial charge in [-0.15, -0.1) is 0 Å². The topological polar surface area (TPSA) is 59.1 Å². The Labute approximate surface area is 198 Å². The zero-order valence-corrected chi connectivity index (χ0v) is 20.7. The van der Waals surface area contributed by atoms with E-state index in [1.54, 1.807) is 4.90 Å². The third kappa shape index (κ3) is 6.73. The third-order valence-electron chi connectivity index (χ3n) is 5.20. The predicted molar refractivity (Wildman–Crippen MR) is 128 cm³/mol. The first-order chi connectivity index (χ1) is 15.1. The first-order valence-corrected chi connectivity index (χ1v) is 11.6. The van der Waals surface area contributed by atoms with Crippen molar-refractivity contribution in [2.45, 2.75) is 52.4 Å². The van der Waals surface area contributed by atoms with E-state index in [0.29, 0.717) is 32.0 Å². The van der Waals surface area contributed by atoms with Crippen molar-refractivity contribution in [2.75, 3.05) is 19.6 Å². The van der Waals surface area contributed by atoms with Crippen molar-refractivity contribution in [3.05, 3.63) is 64.1 Å². The molecule has 0 N–H and O–H groups in total. The van der Waals surface area contributed by atoms with Crippen LogP contribution >= 0.6 is 15.9 Å². The average molecular weight is 503 g/mol. The van der Waals surface area contributed by atoms with Gasteiger partial charge in [-0.05, 0) is 51.5 Å². The lowest BCUT2D eigenvalue weighted by atomic mass is 10.1. The number of hydrogen-bond donors (Lipinski definition) is 0. The van der Waals surface area contributed by atoms with E-state index in [1.165, 1.54) is 0 Å². The quantitative estimate of drug-likeness (QED) is 0.574. The van der Waals surface area contributed by atoms with Gasteiger partial charge in [-0.1, -0.05) is 46.3 Å². The molecule has 1 fully saturated rings. The summed E-state index contributed by atoms with van der Waals surface area (Å²) in [6.07, 6.45) is -0.0968. The molecule has 172 valence electrons. The molecule has 2 amide bonds. The summed E-state index contributed by atoms with van der Waals surface area (Å²) >= 11 is 3.50. The first kappa shape index (κ1) is 24.1. The maximum Gasteiger partial charge on any atom is 0.410 e. The number of rotatable bonds is 5. The van der Waals surface area contributed by atoms with Crippen LogP contribution in [0.4, 0.5) is 4.79 Å². The van der Waals surface area contributed by atoms with Crippen LogP contribution in [0.2, 0.25) is 0 Å². The normalized spacial score (nSPS) is 16.6. The molecule has 0 aliphatic carbocycles. The molecule has 1 aliphatic heterocycles. The van der Waals surface area contributed by atoms with E-state index in [1.807, 2.05) is 81.1 Å². The maximum absolute atomic E-state index is 13.1. The van der Waals surface area contributed by atoms with Crippen LogP contribution in [0.15, 0.2) is 53.0 Å². The van der Waals surface area contributed by atoms with E-state index >= 15 is 0 Å². The lowest BCUT2D eigenvalue weighted by Gasteiger charge is -2.40. The molecular weight excluding hydrogens is 472 g/mol. The van der Waals surface area contributed by atoms with Crippen molar-refractivity contribution in [3.63, 3.8) is 0 Å². The Kier molecular flexibility index (Phi) is 7.82. The minimum absolute atomic E-state index is 0.0176. The van der Waals surface area contributed by atoms with Crippen molar-refractivity contribution in [1.29, 1.82) is 0 Å². The summed E-state index contributed by atoms with van der Waals surface area (Å²) in [6, 6.07) is 15.6. The molecule has 0 aromatic heterocycles. The molecule has 1 atom stereocenters. The van der Waals surface area contributed by atoms with Crippen LogP contribution in [0.1, 0.15) is 38.8 Å². The zero-order valence-electron chi connectivity index (χ0n) is 19.1. The van der Waals surface area contributed by atoms with Gasteiger partial charge in [-0.2, -0.15) is 0 Å². The standard InChI is InChI=1S/C25H31BrN2O4/c1-18-16-27(24(30)32-25(2,3)4)12-13-28(18)23(29)15-20-14-21(26)10-11-22(20)31-17-19-8-6-5-7-9-19/h5-11,14,18H,12-13,15-17H2,1-4H3. The summed E-state index contributed by atoms with van der Waals surface area (Å²) in [4.78, 5) is 29.0.